The summed E-state index contributed by atoms with van der Waals surface area (Å²) in [7, 11) is -2.73. The number of rotatable bonds is 6. The molecule has 0 amide bonds. The molecule has 0 saturated heterocycles. The minimum absolute atomic E-state index is 0.0827. The molecule has 0 bridgehead atoms. The Labute approximate surface area is 167 Å². The van der Waals surface area contributed by atoms with Crippen molar-refractivity contribution in [3.05, 3.63) is 77.6 Å². The first-order valence-corrected chi connectivity index (χ1v) is 9.94. The molecule has 150 valence electrons. The van der Waals surface area contributed by atoms with Crippen molar-refractivity contribution in [1.29, 1.82) is 0 Å². The molecule has 0 fully saturated rings. The van der Waals surface area contributed by atoms with Crippen LogP contribution in [0.2, 0.25) is 0 Å². The average Bonchev–Trinajstić information content (AvgIpc) is 3.17. The number of hydrogen-bond acceptors (Lipinski definition) is 5. The Bertz CT molecular complexity index is 1200. The largest absolute Gasteiger partial charge is 0.477 e. The molecular formula is C20H18N2O6S. The van der Waals surface area contributed by atoms with Gasteiger partial charge in [0.2, 0.25) is 0 Å². The van der Waals surface area contributed by atoms with Crippen LogP contribution in [0, 0.1) is 6.92 Å². The number of carboxylic acid groups (broad SMARTS) is 1. The lowest BCUT2D eigenvalue weighted by atomic mass is 10.1. The molecule has 1 aromatic heterocycles. The van der Waals surface area contributed by atoms with Crippen molar-refractivity contribution in [1.82, 2.24) is 4.57 Å². The first-order chi connectivity index (χ1) is 13.7. The highest BCUT2D eigenvalue weighted by atomic mass is 32.2. The van der Waals surface area contributed by atoms with Crippen molar-refractivity contribution < 1.29 is 27.9 Å². The number of benzene rings is 2. The lowest BCUT2D eigenvalue weighted by Gasteiger charge is -2.13. The van der Waals surface area contributed by atoms with E-state index in [1.807, 2.05) is 0 Å². The molecule has 0 aliphatic carbocycles. The summed E-state index contributed by atoms with van der Waals surface area (Å²) in [6, 6.07) is 13.4. The highest BCUT2D eigenvalue weighted by Crippen LogP contribution is 2.23. The van der Waals surface area contributed by atoms with Crippen LogP contribution in [0.5, 0.6) is 0 Å². The Morgan fingerprint density at radius 2 is 1.83 bits per heavy atom. The summed E-state index contributed by atoms with van der Waals surface area (Å²) in [6.07, 6.45) is 1.62. The molecule has 9 heteroatoms. The molecule has 8 nitrogen and oxygen atoms in total. The molecule has 0 aliphatic rings. The van der Waals surface area contributed by atoms with Crippen molar-refractivity contribution in [2.75, 3.05) is 11.8 Å². The Morgan fingerprint density at radius 3 is 2.48 bits per heavy atom. The highest BCUT2D eigenvalue weighted by Gasteiger charge is 2.18. The van der Waals surface area contributed by atoms with Crippen LogP contribution in [-0.4, -0.2) is 37.1 Å². The van der Waals surface area contributed by atoms with Crippen LogP contribution < -0.4 is 4.72 Å². The van der Waals surface area contributed by atoms with Crippen molar-refractivity contribution in [2.24, 2.45) is 0 Å². The molecular weight excluding hydrogens is 396 g/mol. The maximum absolute atomic E-state index is 12.7. The van der Waals surface area contributed by atoms with Gasteiger partial charge in [-0.25, -0.2) is 18.0 Å². The third-order valence-electron chi connectivity index (χ3n) is 4.24. The van der Waals surface area contributed by atoms with E-state index >= 15 is 0 Å². The van der Waals surface area contributed by atoms with E-state index in [0.717, 1.165) is 0 Å². The maximum Gasteiger partial charge on any atom is 0.352 e. The molecule has 0 unspecified atom stereocenters. The van der Waals surface area contributed by atoms with Gasteiger partial charge in [0, 0.05) is 17.6 Å². The zero-order valence-electron chi connectivity index (χ0n) is 15.6. The molecule has 3 rings (SSSR count). The number of nitrogens with one attached hydrogen (secondary N) is 1. The van der Waals surface area contributed by atoms with Crippen LogP contribution in [0.25, 0.3) is 5.69 Å². The lowest BCUT2D eigenvalue weighted by molar-refractivity contribution is 0.0599. The normalized spacial score (nSPS) is 11.1. The number of aromatic nitrogens is 1. The summed E-state index contributed by atoms with van der Waals surface area (Å²) in [5, 5.41) is 9.27. The Balaban J connectivity index is 1.91. The number of aromatic carboxylic acids is 1. The number of esters is 1. The summed E-state index contributed by atoms with van der Waals surface area (Å²) in [4.78, 5) is 22.9. The van der Waals surface area contributed by atoms with Crippen LogP contribution in [0.15, 0.2) is 65.7 Å². The van der Waals surface area contributed by atoms with Gasteiger partial charge in [-0.05, 0) is 61.0 Å². The minimum atomic E-state index is -3.94. The molecule has 0 saturated carbocycles. The topological polar surface area (TPSA) is 115 Å². The van der Waals surface area contributed by atoms with E-state index < -0.39 is 22.0 Å². The molecule has 2 N–H and O–H groups in total. The smallest absolute Gasteiger partial charge is 0.352 e. The average molecular weight is 414 g/mol. The molecule has 0 spiro atoms. The molecule has 1 heterocycles. The first kappa shape index (κ1) is 20.2. The van der Waals surface area contributed by atoms with Crippen molar-refractivity contribution >= 4 is 27.6 Å². The van der Waals surface area contributed by atoms with Gasteiger partial charge >= 0.3 is 11.9 Å². The Morgan fingerprint density at radius 1 is 1.07 bits per heavy atom. The van der Waals surface area contributed by atoms with E-state index in [9.17, 15) is 23.1 Å². The predicted octanol–water partition coefficient (Wildman–Crippen LogP) is 3.07. The number of ether oxygens (including phenoxy) is 1. The number of methoxy groups -OCH3 is 1. The van der Waals surface area contributed by atoms with Crippen LogP contribution in [0.1, 0.15) is 26.4 Å². The second kappa shape index (κ2) is 7.80. The van der Waals surface area contributed by atoms with E-state index in [2.05, 4.69) is 9.46 Å². The van der Waals surface area contributed by atoms with E-state index in [-0.39, 0.29) is 16.2 Å². The van der Waals surface area contributed by atoms with E-state index in [0.29, 0.717) is 16.9 Å². The zero-order valence-corrected chi connectivity index (χ0v) is 16.4. The number of anilines is 1. The third kappa shape index (κ3) is 4.14. The van der Waals surface area contributed by atoms with Gasteiger partial charge in [-0.1, -0.05) is 6.07 Å². The fourth-order valence-electron chi connectivity index (χ4n) is 2.88. The summed E-state index contributed by atoms with van der Waals surface area (Å²) in [5.74, 6) is -1.70. The molecule has 2 aromatic carbocycles. The van der Waals surface area contributed by atoms with Crippen molar-refractivity contribution in [3.8, 4) is 5.69 Å². The maximum atomic E-state index is 12.7. The number of sulfonamides is 1. The highest BCUT2D eigenvalue weighted by molar-refractivity contribution is 7.92. The number of carbonyl (C=O) groups excluding carboxylic acids is 1. The fraction of sp³-hybridized carbons (Fsp3) is 0.100. The Hall–Kier alpha value is -3.59. The molecule has 29 heavy (non-hydrogen) atoms. The van der Waals surface area contributed by atoms with E-state index in [4.69, 9.17) is 0 Å². The second-order valence-electron chi connectivity index (χ2n) is 6.19. The number of carboxylic acids is 1. The van der Waals surface area contributed by atoms with Crippen LogP contribution in [0.4, 0.5) is 5.69 Å². The second-order valence-corrected chi connectivity index (χ2v) is 7.88. The predicted molar refractivity (Wildman–Crippen MR) is 106 cm³/mol. The van der Waals surface area contributed by atoms with Crippen molar-refractivity contribution in [3.63, 3.8) is 0 Å². The molecule has 0 radical (unpaired) electrons. The van der Waals surface area contributed by atoms with Gasteiger partial charge in [-0.3, -0.25) is 4.72 Å². The SMILES string of the molecule is COC(=O)c1cccc(S(=O)(=O)Nc2ccc(-n3cccc3C(=O)O)c(C)c2)c1. The van der Waals surface area contributed by atoms with Gasteiger partial charge in [0.1, 0.15) is 5.69 Å². The van der Waals surface area contributed by atoms with E-state index in [1.54, 1.807) is 31.3 Å². The van der Waals surface area contributed by atoms with Gasteiger partial charge in [-0.15, -0.1) is 0 Å². The summed E-state index contributed by atoms with van der Waals surface area (Å²) in [5.41, 5.74) is 1.81. The third-order valence-corrected chi connectivity index (χ3v) is 5.62. The minimum Gasteiger partial charge on any atom is -0.477 e. The lowest BCUT2D eigenvalue weighted by Crippen LogP contribution is -2.14. The quantitative estimate of drug-likeness (QED) is 0.599. The van der Waals surface area contributed by atoms with E-state index in [1.165, 1.54) is 48.1 Å². The van der Waals surface area contributed by atoms with Gasteiger partial charge in [0.15, 0.2) is 0 Å². The monoisotopic (exact) mass is 414 g/mol. The van der Waals surface area contributed by atoms with Crippen molar-refractivity contribution in [2.45, 2.75) is 11.8 Å². The van der Waals surface area contributed by atoms with Gasteiger partial charge < -0.3 is 14.4 Å². The number of carbonyl (C=O) groups is 2. The van der Waals surface area contributed by atoms with Crippen LogP contribution in [-0.2, 0) is 14.8 Å². The fourth-order valence-corrected chi connectivity index (χ4v) is 3.97. The van der Waals surface area contributed by atoms with Gasteiger partial charge in [0.05, 0.1) is 17.6 Å². The summed E-state index contributed by atoms with van der Waals surface area (Å²) < 4.78 is 34.0. The van der Waals surface area contributed by atoms with Crippen LogP contribution in [0.3, 0.4) is 0 Å². The van der Waals surface area contributed by atoms with Gasteiger partial charge in [0.25, 0.3) is 10.0 Å². The standard InChI is InChI=1S/C20H18N2O6S/c1-13-11-15(8-9-17(13)22-10-4-7-18(22)19(23)24)21-29(26,27)16-6-3-5-14(12-16)20(25)28-2/h3-12,21H,1-2H3,(H,23,24). The number of hydrogen-bond donors (Lipinski definition) is 2. The molecule has 0 aliphatic heterocycles. The zero-order chi connectivity index (χ0) is 21.2. The Kier molecular flexibility index (Phi) is 5.42. The number of nitrogens with zero attached hydrogens (tertiary/aromatic N) is 1. The van der Waals surface area contributed by atoms with Gasteiger partial charge in [-0.2, -0.15) is 0 Å². The summed E-state index contributed by atoms with van der Waals surface area (Å²) >= 11 is 0. The number of aryl methyl sites for hydroxylation is 1. The summed E-state index contributed by atoms with van der Waals surface area (Å²) in [6.45, 7) is 1.75. The first-order valence-electron chi connectivity index (χ1n) is 8.46. The molecule has 0 atom stereocenters. The molecule has 3 aromatic rings. The van der Waals surface area contributed by atoms with Crippen LogP contribution >= 0.6 is 0 Å².